The molecule has 0 atom stereocenters. The molecule has 0 radical (unpaired) electrons. The molecule has 1 aromatic carbocycles. The van der Waals surface area contributed by atoms with E-state index in [4.69, 9.17) is 15.1 Å². The topological polar surface area (TPSA) is 70.3 Å². The van der Waals surface area contributed by atoms with Gasteiger partial charge in [-0.05, 0) is 62.6 Å². The van der Waals surface area contributed by atoms with Crippen LogP contribution in [0.4, 0.5) is 0 Å². The Morgan fingerprint density at radius 2 is 2.06 bits per heavy atom. The van der Waals surface area contributed by atoms with Crippen molar-refractivity contribution in [1.82, 2.24) is 0 Å². The summed E-state index contributed by atoms with van der Waals surface area (Å²) >= 11 is 6.67. The second-order valence-electron chi connectivity index (χ2n) is 3.22. The average molecular weight is 375 g/mol. The number of benzene rings is 1. The third kappa shape index (κ3) is 3.59. The molecule has 0 aromatic heterocycles. The summed E-state index contributed by atoms with van der Waals surface area (Å²) in [7, 11) is 0. The number of nitriles is 1. The summed E-state index contributed by atoms with van der Waals surface area (Å²) in [5.41, 5.74) is 0.272. The first-order valence-electron chi connectivity index (χ1n) is 4.96. The van der Waals surface area contributed by atoms with Gasteiger partial charge in [-0.3, -0.25) is 0 Å². The zero-order valence-corrected chi connectivity index (χ0v) is 12.6. The number of hydrogen-bond donors (Lipinski definition) is 1. The lowest BCUT2D eigenvalue weighted by Gasteiger charge is -2.09. The predicted octanol–water partition coefficient (Wildman–Crippen LogP) is 3.60. The number of carboxylic acids is 1. The van der Waals surface area contributed by atoms with Gasteiger partial charge in [-0.15, -0.1) is 0 Å². The number of nitrogens with zero attached hydrogens (tertiary/aromatic N) is 1. The monoisotopic (exact) mass is 373 g/mol. The van der Waals surface area contributed by atoms with E-state index in [9.17, 15) is 4.79 Å². The van der Waals surface area contributed by atoms with Crippen LogP contribution in [0, 0.1) is 11.3 Å². The van der Waals surface area contributed by atoms with Gasteiger partial charge in [-0.2, -0.15) is 5.26 Å². The second-order valence-corrected chi connectivity index (χ2v) is 4.93. The molecule has 4 nitrogen and oxygen atoms in total. The summed E-state index contributed by atoms with van der Waals surface area (Å²) in [5.74, 6) is -0.609. The lowest BCUT2D eigenvalue weighted by molar-refractivity contribution is -0.132. The number of ether oxygens (including phenoxy) is 1. The van der Waals surface area contributed by atoms with E-state index in [0.717, 1.165) is 0 Å². The molecule has 0 aliphatic carbocycles. The number of aliphatic carboxylic acids is 1. The van der Waals surface area contributed by atoms with Crippen molar-refractivity contribution >= 4 is 43.9 Å². The fraction of sp³-hybridized carbons (Fsp3) is 0.167. The molecule has 1 aromatic rings. The normalized spacial score (nSPS) is 10.9. The van der Waals surface area contributed by atoms with Gasteiger partial charge in [-0.1, -0.05) is 0 Å². The van der Waals surface area contributed by atoms with Crippen LogP contribution in [0.2, 0.25) is 0 Å². The van der Waals surface area contributed by atoms with E-state index >= 15 is 0 Å². The van der Waals surface area contributed by atoms with Gasteiger partial charge in [0.25, 0.3) is 0 Å². The number of hydrogen-bond acceptors (Lipinski definition) is 3. The Hall–Kier alpha value is -1.32. The number of rotatable bonds is 4. The summed E-state index contributed by atoms with van der Waals surface area (Å²) in [6.07, 6.45) is 1.30. The van der Waals surface area contributed by atoms with Crippen molar-refractivity contribution in [2.24, 2.45) is 0 Å². The lowest BCUT2D eigenvalue weighted by Crippen LogP contribution is -1.98. The van der Waals surface area contributed by atoms with Gasteiger partial charge in [0.2, 0.25) is 0 Å². The van der Waals surface area contributed by atoms with Crippen LogP contribution < -0.4 is 4.74 Å². The van der Waals surface area contributed by atoms with E-state index in [1.165, 1.54) is 6.08 Å². The predicted molar refractivity (Wildman–Crippen MR) is 74.2 cm³/mol. The molecule has 1 rings (SSSR count). The first-order chi connectivity index (χ1) is 8.49. The van der Waals surface area contributed by atoms with Crippen molar-refractivity contribution in [3.63, 3.8) is 0 Å². The van der Waals surface area contributed by atoms with Gasteiger partial charge in [-0.25, -0.2) is 4.79 Å². The molecule has 0 spiro atoms. The highest BCUT2D eigenvalue weighted by atomic mass is 79.9. The molecule has 18 heavy (non-hydrogen) atoms. The molecular weight excluding hydrogens is 366 g/mol. The van der Waals surface area contributed by atoms with Gasteiger partial charge >= 0.3 is 5.97 Å². The maximum Gasteiger partial charge on any atom is 0.346 e. The molecule has 0 saturated heterocycles. The minimum Gasteiger partial charge on any atom is -0.492 e. The Balaban J connectivity index is 3.22. The maximum atomic E-state index is 10.7. The zero-order chi connectivity index (χ0) is 13.7. The van der Waals surface area contributed by atoms with Crippen LogP contribution in [0.5, 0.6) is 5.75 Å². The van der Waals surface area contributed by atoms with Crippen LogP contribution >= 0.6 is 31.9 Å². The molecule has 0 heterocycles. The number of halogens is 2. The Morgan fingerprint density at radius 3 is 2.44 bits per heavy atom. The Morgan fingerprint density at radius 1 is 1.50 bits per heavy atom. The highest BCUT2D eigenvalue weighted by molar-refractivity contribution is 9.11. The summed E-state index contributed by atoms with van der Waals surface area (Å²) in [5, 5.41) is 17.5. The Bertz CT molecular complexity index is 524. The van der Waals surface area contributed by atoms with E-state index in [1.54, 1.807) is 18.2 Å². The quantitative estimate of drug-likeness (QED) is 0.645. The van der Waals surface area contributed by atoms with Crippen LogP contribution in [-0.2, 0) is 4.79 Å². The smallest absolute Gasteiger partial charge is 0.346 e. The van der Waals surface area contributed by atoms with E-state index in [-0.39, 0.29) is 5.57 Å². The average Bonchev–Trinajstić information content (AvgIpc) is 2.30. The van der Waals surface area contributed by atoms with E-state index in [0.29, 0.717) is 26.9 Å². The van der Waals surface area contributed by atoms with Crippen molar-refractivity contribution in [3.8, 4) is 11.8 Å². The summed E-state index contributed by atoms with van der Waals surface area (Å²) in [6, 6.07) is 5.01. The Kier molecular flexibility index (Phi) is 5.38. The fourth-order valence-electron chi connectivity index (χ4n) is 1.25. The fourth-order valence-corrected chi connectivity index (χ4v) is 2.70. The molecule has 0 aliphatic heterocycles. The van der Waals surface area contributed by atoms with E-state index in [2.05, 4.69) is 31.9 Å². The van der Waals surface area contributed by atoms with Crippen molar-refractivity contribution in [1.29, 1.82) is 5.26 Å². The number of carboxylic acid groups (broad SMARTS) is 1. The minimum atomic E-state index is -1.25. The molecule has 0 saturated carbocycles. The number of carbonyl (C=O) groups is 1. The first kappa shape index (κ1) is 14.7. The lowest BCUT2D eigenvalue weighted by atomic mass is 10.1. The first-order valence-corrected chi connectivity index (χ1v) is 6.55. The zero-order valence-electron chi connectivity index (χ0n) is 9.41. The molecule has 0 bridgehead atoms. The third-order valence-electron chi connectivity index (χ3n) is 1.97. The SMILES string of the molecule is CCOc1c(Br)cc(/C=C(\C#N)C(=O)O)cc1Br. The van der Waals surface area contributed by atoms with Gasteiger partial charge in [0.1, 0.15) is 17.4 Å². The van der Waals surface area contributed by atoms with Crippen LogP contribution in [-0.4, -0.2) is 17.7 Å². The van der Waals surface area contributed by atoms with Crippen molar-refractivity contribution < 1.29 is 14.6 Å². The van der Waals surface area contributed by atoms with Gasteiger partial charge in [0, 0.05) is 0 Å². The van der Waals surface area contributed by atoms with Gasteiger partial charge < -0.3 is 9.84 Å². The van der Waals surface area contributed by atoms with Crippen LogP contribution in [0.1, 0.15) is 12.5 Å². The maximum absolute atomic E-state index is 10.7. The molecule has 1 N–H and O–H groups in total. The minimum absolute atomic E-state index is 0.321. The molecule has 0 aliphatic rings. The second kappa shape index (κ2) is 6.57. The van der Waals surface area contributed by atoms with Crippen molar-refractivity contribution in [2.75, 3.05) is 6.61 Å². The summed E-state index contributed by atoms with van der Waals surface area (Å²) in [4.78, 5) is 10.7. The highest BCUT2D eigenvalue weighted by Crippen LogP contribution is 2.35. The molecule has 0 amide bonds. The molecule has 0 fully saturated rings. The molecule has 6 heteroatoms. The Labute approximate surface area is 121 Å². The van der Waals surface area contributed by atoms with E-state index in [1.807, 2.05) is 6.92 Å². The van der Waals surface area contributed by atoms with E-state index < -0.39 is 5.97 Å². The van der Waals surface area contributed by atoms with Gasteiger partial charge in [0.05, 0.1) is 15.6 Å². The third-order valence-corrected chi connectivity index (χ3v) is 3.15. The standard InChI is InChI=1S/C12H9Br2NO3/c1-2-18-11-9(13)4-7(5-10(11)14)3-8(6-15)12(16)17/h3-5H,2H2,1H3,(H,16,17)/b8-3+. The highest BCUT2D eigenvalue weighted by Gasteiger charge is 2.10. The van der Waals surface area contributed by atoms with Crippen LogP contribution in [0.3, 0.4) is 0 Å². The van der Waals surface area contributed by atoms with Gasteiger partial charge in [0.15, 0.2) is 0 Å². The largest absolute Gasteiger partial charge is 0.492 e. The van der Waals surface area contributed by atoms with Crippen LogP contribution in [0.15, 0.2) is 26.7 Å². The van der Waals surface area contributed by atoms with Crippen molar-refractivity contribution in [3.05, 3.63) is 32.2 Å². The molecule has 94 valence electrons. The van der Waals surface area contributed by atoms with Crippen molar-refractivity contribution in [2.45, 2.75) is 6.92 Å². The summed E-state index contributed by atoms with van der Waals surface area (Å²) in [6.45, 7) is 2.38. The molecular formula is C12H9Br2NO3. The molecule has 0 unspecified atom stereocenters. The van der Waals surface area contributed by atoms with Crippen LogP contribution in [0.25, 0.3) is 6.08 Å². The summed E-state index contributed by atoms with van der Waals surface area (Å²) < 4.78 is 6.78.